The van der Waals surface area contributed by atoms with Crippen LogP contribution >= 0.6 is 11.3 Å². The summed E-state index contributed by atoms with van der Waals surface area (Å²) >= 11 is 0.981. The Hall–Kier alpha value is -1.48. The van der Waals surface area contributed by atoms with E-state index in [9.17, 15) is 13.2 Å². The van der Waals surface area contributed by atoms with E-state index in [-0.39, 0.29) is 22.9 Å². The van der Waals surface area contributed by atoms with Crippen LogP contribution < -0.4 is 9.60 Å². The van der Waals surface area contributed by atoms with Crippen LogP contribution in [0.3, 0.4) is 0 Å². The fraction of sp³-hybridized carbons (Fsp3) is 0.250. The molecule has 3 N–H and O–H groups in total. The summed E-state index contributed by atoms with van der Waals surface area (Å²) in [5, 5.41) is 10.6. The van der Waals surface area contributed by atoms with Gasteiger partial charge in [-0.2, -0.15) is 0 Å². The minimum atomic E-state index is -3.69. The van der Waals surface area contributed by atoms with Gasteiger partial charge >= 0.3 is 4.87 Å². The zero-order valence-corrected chi connectivity index (χ0v) is 12.3. The predicted octanol–water partition coefficient (Wildman–Crippen LogP) is 0.716. The molecule has 2 aromatic rings. The van der Waals surface area contributed by atoms with E-state index in [4.69, 9.17) is 5.11 Å². The van der Waals surface area contributed by atoms with Crippen LogP contribution in [0, 0.1) is 6.92 Å². The molecule has 0 fully saturated rings. The van der Waals surface area contributed by atoms with Crippen molar-refractivity contribution in [2.75, 3.05) is 0 Å². The van der Waals surface area contributed by atoms with Gasteiger partial charge in [-0.3, -0.25) is 4.79 Å². The maximum Gasteiger partial charge on any atom is 0.304 e. The van der Waals surface area contributed by atoms with Crippen LogP contribution in [0.15, 0.2) is 33.3 Å². The molecule has 20 heavy (non-hydrogen) atoms. The second-order valence-electron chi connectivity index (χ2n) is 4.26. The second kappa shape index (κ2) is 5.88. The SMILES string of the molecule is Cc1ccc(CO)cc1S(=O)(=O)NCc1csc(=O)[nH]1. The molecule has 2 rings (SSSR count). The summed E-state index contributed by atoms with van der Waals surface area (Å²) in [6.45, 7) is 1.48. The van der Waals surface area contributed by atoms with Crippen molar-refractivity contribution in [3.8, 4) is 0 Å². The van der Waals surface area contributed by atoms with Crippen molar-refractivity contribution in [2.24, 2.45) is 0 Å². The number of aromatic amines is 1. The van der Waals surface area contributed by atoms with Crippen LogP contribution in [-0.4, -0.2) is 18.5 Å². The highest BCUT2D eigenvalue weighted by Crippen LogP contribution is 2.17. The summed E-state index contributed by atoms with van der Waals surface area (Å²) in [6, 6.07) is 4.76. The minimum absolute atomic E-state index is 0.0177. The highest BCUT2D eigenvalue weighted by Gasteiger charge is 2.17. The van der Waals surface area contributed by atoms with Gasteiger partial charge in [0.15, 0.2) is 0 Å². The first-order valence-electron chi connectivity index (χ1n) is 5.79. The number of aliphatic hydroxyl groups is 1. The Morgan fingerprint density at radius 3 is 2.75 bits per heavy atom. The third-order valence-corrected chi connectivity index (χ3v) is 5.01. The molecule has 1 aromatic heterocycles. The van der Waals surface area contributed by atoms with Gasteiger partial charge in [0, 0.05) is 11.1 Å². The molecule has 108 valence electrons. The molecule has 0 aliphatic heterocycles. The number of rotatable bonds is 5. The maximum absolute atomic E-state index is 12.2. The van der Waals surface area contributed by atoms with Crippen molar-refractivity contribution in [3.63, 3.8) is 0 Å². The molecule has 0 bridgehead atoms. The second-order valence-corrected chi connectivity index (χ2v) is 6.83. The largest absolute Gasteiger partial charge is 0.392 e. The van der Waals surface area contributed by atoms with Crippen LogP contribution in [0.2, 0.25) is 0 Å². The van der Waals surface area contributed by atoms with Crippen LogP contribution in [-0.2, 0) is 23.2 Å². The molecule has 0 saturated carbocycles. The van der Waals surface area contributed by atoms with E-state index in [2.05, 4.69) is 9.71 Å². The highest BCUT2D eigenvalue weighted by atomic mass is 32.2. The summed E-state index contributed by atoms with van der Waals surface area (Å²) in [5.74, 6) is 0. The van der Waals surface area contributed by atoms with Crippen molar-refractivity contribution in [3.05, 3.63) is 50.1 Å². The molecule has 8 heteroatoms. The van der Waals surface area contributed by atoms with E-state index in [1.807, 2.05) is 0 Å². The van der Waals surface area contributed by atoms with Crippen molar-refractivity contribution in [1.82, 2.24) is 9.71 Å². The monoisotopic (exact) mass is 314 g/mol. The van der Waals surface area contributed by atoms with Crippen LogP contribution in [0.5, 0.6) is 0 Å². The molecular weight excluding hydrogens is 300 g/mol. The Labute approximate surface area is 120 Å². The first-order valence-corrected chi connectivity index (χ1v) is 8.15. The van der Waals surface area contributed by atoms with E-state index in [0.29, 0.717) is 16.8 Å². The van der Waals surface area contributed by atoms with Crippen molar-refractivity contribution < 1.29 is 13.5 Å². The van der Waals surface area contributed by atoms with Gasteiger partial charge in [-0.1, -0.05) is 23.5 Å². The maximum atomic E-state index is 12.2. The minimum Gasteiger partial charge on any atom is -0.392 e. The van der Waals surface area contributed by atoms with Gasteiger partial charge in [0.2, 0.25) is 10.0 Å². The molecule has 1 aromatic carbocycles. The zero-order chi connectivity index (χ0) is 14.8. The first kappa shape index (κ1) is 14.9. The van der Waals surface area contributed by atoms with Gasteiger partial charge in [0.1, 0.15) is 0 Å². The van der Waals surface area contributed by atoms with E-state index in [1.54, 1.807) is 24.4 Å². The summed E-state index contributed by atoms with van der Waals surface area (Å²) < 4.78 is 26.9. The average Bonchev–Trinajstić information content (AvgIpc) is 2.83. The molecule has 0 spiro atoms. The van der Waals surface area contributed by atoms with Crippen molar-refractivity contribution in [2.45, 2.75) is 25.0 Å². The summed E-state index contributed by atoms with van der Waals surface area (Å²) in [5.41, 5.74) is 1.63. The number of H-pyrrole nitrogens is 1. The molecule has 0 aliphatic rings. The average molecular weight is 314 g/mol. The Balaban J connectivity index is 2.24. The van der Waals surface area contributed by atoms with Crippen LogP contribution in [0.4, 0.5) is 0 Å². The van der Waals surface area contributed by atoms with Gasteiger partial charge < -0.3 is 10.1 Å². The summed E-state index contributed by atoms with van der Waals surface area (Å²) in [7, 11) is -3.69. The number of aliphatic hydroxyl groups excluding tert-OH is 1. The van der Waals surface area contributed by atoms with Gasteiger partial charge in [-0.25, -0.2) is 13.1 Å². The lowest BCUT2D eigenvalue weighted by molar-refractivity contribution is 0.281. The number of aromatic nitrogens is 1. The van der Waals surface area contributed by atoms with Crippen molar-refractivity contribution in [1.29, 1.82) is 0 Å². The molecule has 0 aliphatic carbocycles. The number of thiazole rings is 1. The van der Waals surface area contributed by atoms with Gasteiger partial charge in [-0.15, -0.1) is 0 Å². The third kappa shape index (κ3) is 3.34. The van der Waals surface area contributed by atoms with Gasteiger partial charge in [0.05, 0.1) is 18.0 Å². The summed E-state index contributed by atoms with van der Waals surface area (Å²) in [6.07, 6.45) is 0. The van der Waals surface area contributed by atoms with Gasteiger partial charge in [0.25, 0.3) is 0 Å². The fourth-order valence-corrected chi connectivity index (χ4v) is 3.56. The molecule has 0 unspecified atom stereocenters. The Morgan fingerprint density at radius 2 is 2.15 bits per heavy atom. The molecule has 1 heterocycles. The number of nitrogens with one attached hydrogen (secondary N) is 2. The molecule has 0 atom stereocenters. The normalized spacial score (nSPS) is 11.7. The standard InChI is InChI=1S/C12H14N2O4S2/c1-8-2-3-9(6-15)4-11(8)20(17,18)13-5-10-7-19-12(16)14-10/h2-4,7,13,15H,5-6H2,1H3,(H,14,16). The number of benzene rings is 1. The zero-order valence-electron chi connectivity index (χ0n) is 10.7. The lowest BCUT2D eigenvalue weighted by atomic mass is 10.2. The number of hydrogen-bond acceptors (Lipinski definition) is 5. The lowest BCUT2D eigenvalue weighted by Crippen LogP contribution is -2.24. The predicted molar refractivity (Wildman–Crippen MR) is 76.1 cm³/mol. The Kier molecular flexibility index (Phi) is 4.39. The Bertz CT molecular complexity index is 762. The molecule has 0 amide bonds. The number of sulfonamides is 1. The van der Waals surface area contributed by atoms with Crippen LogP contribution in [0.1, 0.15) is 16.8 Å². The lowest BCUT2D eigenvalue weighted by Gasteiger charge is -2.10. The summed E-state index contributed by atoms with van der Waals surface area (Å²) in [4.78, 5) is 13.4. The Morgan fingerprint density at radius 1 is 1.40 bits per heavy atom. The molecular formula is C12H14N2O4S2. The van der Waals surface area contributed by atoms with E-state index < -0.39 is 10.0 Å². The topological polar surface area (TPSA) is 99.3 Å². The van der Waals surface area contributed by atoms with E-state index >= 15 is 0 Å². The number of aryl methyl sites for hydroxylation is 1. The van der Waals surface area contributed by atoms with E-state index in [1.165, 1.54) is 6.07 Å². The smallest absolute Gasteiger partial charge is 0.304 e. The quantitative estimate of drug-likeness (QED) is 0.757. The van der Waals surface area contributed by atoms with E-state index in [0.717, 1.165) is 11.3 Å². The van der Waals surface area contributed by atoms with Crippen LogP contribution in [0.25, 0.3) is 0 Å². The third-order valence-electron chi connectivity index (χ3n) is 2.75. The highest BCUT2D eigenvalue weighted by molar-refractivity contribution is 7.89. The molecule has 6 nitrogen and oxygen atoms in total. The fourth-order valence-electron chi connectivity index (χ4n) is 1.68. The number of hydrogen-bond donors (Lipinski definition) is 3. The first-order chi connectivity index (χ1) is 9.42. The van der Waals surface area contributed by atoms with Crippen molar-refractivity contribution >= 4 is 21.4 Å². The van der Waals surface area contributed by atoms with Gasteiger partial charge in [-0.05, 0) is 24.1 Å². The molecule has 0 radical (unpaired) electrons. The molecule has 0 saturated heterocycles.